The average Bonchev–Trinajstić information content (AvgIpc) is 3.65. The van der Waals surface area contributed by atoms with Crippen LogP contribution in [0.5, 0.6) is 0 Å². The summed E-state index contributed by atoms with van der Waals surface area (Å²) in [7, 11) is 3.43. The number of carbonyl (C=O) groups excluding carboxylic acids is 4. The number of hydrogen-bond acceptors (Lipinski definition) is 8. The van der Waals surface area contributed by atoms with Crippen LogP contribution in [0.15, 0.2) is 72.8 Å². The first-order valence-corrected chi connectivity index (χ1v) is 17.2. The van der Waals surface area contributed by atoms with Crippen molar-refractivity contribution in [3.05, 3.63) is 83.9 Å². The van der Waals surface area contributed by atoms with Gasteiger partial charge in [-0.3, -0.25) is 14.4 Å². The van der Waals surface area contributed by atoms with Crippen LogP contribution in [0.4, 0.5) is 10.5 Å². The number of carbonyl (C=O) groups is 4. The van der Waals surface area contributed by atoms with Crippen molar-refractivity contribution in [3.63, 3.8) is 0 Å². The number of benzene rings is 3. The maximum atomic E-state index is 13.8. The number of anilines is 1. The zero-order valence-corrected chi connectivity index (χ0v) is 29.7. The Hall–Kier alpha value is -5.59. The van der Waals surface area contributed by atoms with E-state index < -0.39 is 17.7 Å². The fraction of sp³-hybridized carbons (Fsp3) is 0.395. The van der Waals surface area contributed by atoms with Crippen molar-refractivity contribution in [1.29, 1.82) is 0 Å². The van der Waals surface area contributed by atoms with Crippen molar-refractivity contribution in [2.75, 3.05) is 26.0 Å². The first-order chi connectivity index (χ1) is 24.3. The smallest absolute Gasteiger partial charge is 0.407 e. The zero-order chi connectivity index (χ0) is 36.5. The molecule has 1 fully saturated rings. The summed E-state index contributed by atoms with van der Waals surface area (Å²) < 4.78 is 5.35. The van der Waals surface area contributed by atoms with Crippen LogP contribution in [0, 0.1) is 11.8 Å². The molecule has 3 aromatic carbocycles. The molecular formula is C38H46N8O5. The molecule has 0 bridgehead atoms. The van der Waals surface area contributed by atoms with E-state index in [1.807, 2.05) is 63.2 Å². The van der Waals surface area contributed by atoms with Crippen LogP contribution in [0.3, 0.4) is 0 Å². The summed E-state index contributed by atoms with van der Waals surface area (Å²) in [6, 6.07) is 21.4. The molecule has 1 saturated carbocycles. The molecule has 1 aliphatic rings. The quantitative estimate of drug-likeness (QED) is 0.165. The Morgan fingerprint density at radius 2 is 1.59 bits per heavy atom. The van der Waals surface area contributed by atoms with Gasteiger partial charge >= 0.3 is 6.09 Å². The average molecular weight is 695 g/mol. The minimum Gasteiger partial charge on any atom is -0.444 e. The first-order valence-electron chi connectivity index (χ1n) is 17.2. The predicted octanol–water partition coefficient (Wildman–Crippen LogP) is 5.23. The highest BCUT2D eigenvalue weighted by molar-refractivity contribution is 5.98. The van der Waals surface area contributed by atoms with E-state index in [9.17, 15) is 19.2 Å². The van der Waals surface area contributed by atoms with Crippen LogP contribution in [-0.2, 0) is 20.7 Å². The van der Waals surface area contributed by atoms with Crippen LogP contribution in [0.2, 0.25) is 0 Å². The van der Waals surface area contributed by atoms with Gasteiger partial charge in [-0.2, -0.15) is 5.21 Å². The van der Waals surface area contributed by atoms with Gasteiger partial charge in [0.25, 0.3) is 5.91 Å². The number of tetrazole rings is 1. The predicted molar refractivity (Wildman–Crippen MR) is 193 cm³/mol. The SMILES string of the molecule is CN(C)C(=O)c1cccc(-c2cccc(C[C@H](NC(=O)C3CCC(CNC(=O)OC(C)(C)C)CC3)C(=O)Nc3ccc(-c4nn[nH]n4)cc3)c2)c1. The van der Waals surface area contributed by atoms with Gasteiger partial charge in [0.2, 0.25) is 17.6 Å². The third-order valence-electron chi connectivity index (χ3n) is 8.76. The number of nitrogens with one attached hydrogen (secondary N) is 4. The number of H-pyrrole nitrogens is 1. The van der Waals surface area contributed by atoms with Gasteiger partial charge in [0.15, 0.2) is 0 Å². The second-order valence-electron chi connectivity index (χ2n) is 14.1. The standard InChI is InChI=1S/C38H46N8O5/c1-38(2,3)51-37(50)39-23-24-12-14-27(15-13-24)34(47)41-32(35(48)40-31-18-16-26(17-19-31)33-42-44-45-43-33)21-25-8-6-9-28(20-25)29-10-7-11-30(22-29)36(49)46(4)5/h6-11,16-20,22,24,27,32H,12-15,21,23H2,1-5H3,(H,39,50)(H,40,48)(H,41,47)(H,42,43,44,45)/t24?,27?,32-/m0/s1. The van der Waals surface area contributed by atoms with Crippen molar-refractivity contribution < 1.29 is 23.9 Å². The molecule has 0 unspecified atom stereocenters. The van der Waals surface area contributed by atoms with Gasteiger partial charge < -0.3 is 25.6 Å². The number of aromatic nitrogens is 4. The topological polar surface area (TPSA) is 171 Å². The molecule has 1 aliphatic carbocycles. The van der Waals surface area contributed by atoms with Gasteiger partial charge in [-0.05, 0) is 111 Å². The van der Waals surface area contributed by atoms with E-state index >= 15 is 0 Å². The van der Waals surface area contributed by atoms with E-state index in [-0.39, 0.29) is 36.0 Å². The number of nitrogens with zero attached hydrogens (tertiary/aromatic N) is 4. The summed E-state index contributed by atoms with van der Waals surface area (Å²) in [5.74, 6) is -0.195. The van der Waals surface area contributed by atoms with Gasteiger partial charge in [-0.1, -0.05) is 36.4 Å². The van der Waals surface area contributed by atoms with Crippen molar-refractivity contribution >= 4 is 29.5 Å². The number of rotatable bonds is 11. The van der Waals surface area contributed by atoms with Gasteiger partial charge in [0.05, 0.1) is 0 Å². The lowest BCUT2D eigenvalue weighted by Crippen LogP contribution is -2.48. The number of alkyl carbamates (subject to hydrolysis) is 1. The molecular weight excluding hydrogens is 648 g/mol. The number of hydrogen-bond donors (Lipinski definition) is 4. The highest BCUT2D eigenvalue weighted by atomic mass is 16.6. The molecule has 268 valence electrons. The molecule has 1 aromatic heterocycles. The molecule has 4 aromatic rings. The molecule has 4 amide bonds. The Morgan fingerprint density at radius 1 is 0.902 bits per heavy atom. The Morgan fingerprint density at radius 3 is 2.24 bits per heavy atom. The van der Waals surface area contributed by atoms with E-state index in [4.69, 9.17) is 4.74 Å². The molecule has 13 nitrogen and oxygen atoms in total. The van der Waals surface area contributed by atoms with Crippen LogP contribution < -0.4 is 16.0 Å². The van der Waals surface area contributed by atoms with Gasteiger partial charge in [-0.15, -0.1) is 10.2 Å². The molecule has 4 N–H and O–H groups in total. The number of ether oxygens (including phenoxy) is 1. The molecule has 13 heteroatoms. The minimum atomic E-state index is -0.863. The zero-order valence-electron chi connectivity index (χ0n) is 29.7. The second-order valence-corrected chi connectivity index (χ2v) is 14.1. The summed E-state index contributed by atoms with van der Waals surface area (Å²) in [6.45, 7) is 5.96. The van der Waals surface area contributed by atoms with E-state index in [1.54, 1.807) is 44.4 Å². The second kappa shape index (κ2) is 16.4. The molecule has 0 aliphatic heterocycles. The Balaban J connectivity index is 1.28. The fourth-order valence-corrected chi connectivity index (χ4v) is 6.09. The lowest BCUT2D eigenvalue weighted by molar-refractivity contribution is -0.130. The third kappa shape index (κ3) is 10.5. The van der Waals surface area contributed by atoms with Gasteiger partial charge in [0, 0.05) is 49.8 Å². The minimum absolute atomic E-state index is 0.0916. The molecule has 0 saturated heterocycles. The molecule has 0 spiro atoms. The molecule has 1 heterocycles. The summed E-state index contributed by atoms with van der Waals surface area (Å²) in [4.78, 5) is 53.8. The largest absolute Gasteiger partial charge is 0.444 e. The van der Waals surface area contributed by atoms with Crippen molar-refractivity contribution in [2.24, 2.45) is 11.8 Å². The van der Waals surface area contributed by atoms with E-state index in [2.05, 4.69) is 36.6 Å². The molecule has 1 atom stereocenters. The van der Waals surface area contributed by atoms with Crippen LogP contribution >= 0.6 is 0 Å². The van der Waals surface area contributed by atoms with E-state index in [0.29, 0.717) is 36.5 Å². The van der Waals surface area contributed by atoms with Crippen molar-refractivity contribution in [1.82, 2.24) is 36.2 Å². The Labute approximate surface area is 297 Å². The lowest BCUT2D eigenvalue weighted by atomic mass is 9.81. The monoisotopic (exact) mass is 694 g/mol. The van der Waals surface area contributed by atoms with E-state index in [0.717, 1.165) is 35.1 Å². The van der Waals surface area contributed by atoms with Crippen LogP contribution in [-0.4, -0.2) is 81.6 Å². The summed E-state index contributed by atoms with van der Waals surface area (Å²) >= 11 is 0. The maximum absolute atomic E-state index is 13.8. The first kappa shape index (κ1) is 36.7. The van der Waals surface area contributed by atoms with Crippen molar-refractivity contribution in [3.8, 4) is 22.5 Å². The summed E-state index contributed by atoms with van der Waals surface area (Å²) in [6.07, 6.45) is 2.65. The van der Waals surface area contributed by atoms with Crippen LogP contribution in [0.25, 0.3) is 22.5 Å². The molecule has 5 rings (SSSR count). The van der Waals surface area contributed by atoms with Gasteiger partial charge in [-0.25, -0.2) is 4.79 Å². The highest BCUT2D eigenvalue weighted by Gasteiger charge is 2.30. The third-order valence-corrected chi connectivity index (χ3v) is 8.76. The van der Waals surface area contributed by atoms with Crippen LogP contribution in [0.1, 0.15) is 62.4 Å². The summed E-state index contributed by atoms with van der Waals surface area (Å²) in [5.41, 5.74) is 3.91. The molecule has 51 heavy (non-hydrogen) atoms. The maximum Gasteiger partial charge on any atom is 0.407 e. The number of aromatic amines is 1. The Kier molecular flexibility index (Phi) is 11.8. The fourth-order valence-electron chi connectivity index (χ4n) is 6.09. The normalized spacial score (nSPS) is 16.4. The van der Waals surface area contributed by atoms with Gasteiger partial charge in [0.1, 0.15) is 11.6 Å². The van der Waals surface area contributed by atoms with E-state index in [1.165, 1.54) is 4.90 Å². The highest BCUT2D eigenvalue weighted by Crippen LogP contribution is 2.29. The summed E-state index contributed by atoms with van der Waals surface area (Å²) in [5, 5.41) is 22.9. The lowest BCUT2D eigenvalue weighted by Gasteiger charge is -2.29. The number of amides is 4. The van der Waals surface area contributed by atoms with Crippen molar-refractivity contribution in [2.45, 2.75) is 64.5 Å². The Bertz CT molecular complexity index is 1810. The molecule has 0 radical (unpaired) electrons.